The molecule has 0 unspecified atom stereocenters. The number of halogens is 1. The van der Waals surface area contributed by atoms with Crippen LogP contribution in [0.25, 0.3) is 11.0 Å². The van der Waals surface area contributed by atoms with Gasteiger partial charge in [0.15, 0.2) is 5.75 Å². The van der Waals surface area contributed by atoms with E-state index in [1.165, 1.54) is 6.07 Å². The molecule has 0 bridgehead atoms. The van der Waals surface area contributed by atoms with Crippen LogP contribution in [0.1, 0.15) is 0 Å². The Bertz CT molecular complexity index is 477. The van der Waals surface area contributed by atoms with Crippen LogP contribution in [0, 0.1) is 4.91 Å². The number of benzene rings is 1. The first-order chi connectivity index (χ1) is 6.22. The summed E-state index contributed by atoms with van der Waals surface area (Å²) < 4.78 is 4.92. The Morgan fingerprint density at radius 1 is 1.46 bits per heavy atom. The molecule has 0 amide bonds. The van der Waals surface area contributed by atoms with Gasteiger partial charge in [-0.05, 0) is 18.2 Å². The van der Waals surface area contributed by atoms with Crippen LogP contribution in [0.5, 0.6) is 5.75 Å². The summed E-state index contributed by atoms with van der Waals surface area (Å²) in [6.45, 7) is 0. The molecular formula is C8H4ClNO3. The Balaban J connectivity index is 2.84. The van der Waals surface area contributed by atoms with Gasteiger partial charge in [0, 0.05) is 10.2 Å². The van der Waals surface area contributed by atoms with Crippen LogP contribution in [-0.2, 0) is 0 Å². The Kier molecular flexibility index (Phi) is 1.70. The van der Waals surface area contributed by atoms with Gasteiger partial charge in [0.1, 0.15) is 5.58 Å². The van der Waals surface area contributed by atoms with Gasteiger partial charge in [-0.1, -0.05) is 11.6 Å². The summed E-state index contributed by atoms with van der Waals surface area (Å²) >= 11 is 5.68. The van der Waals surface area contributed by atoms with Crippen molar-refractivity contribution in [3.63, 3.8) is 0 Å². The SMILES string of the molecule is O=Nc1oc2ccc(Cl)cc2c1O. The summed E-state index contributed by atoms with van der Waals surface area (Å²) in [5.41, 5.74) is 0.386. The average molecular weight is 198 g/mol. The zero-order valence-corrected chi connectivity index (χ0v) is 7.08. The van der Waals surface area contributed by atoms with Crippen LogP contribution in [0.4, 0.5) is 5.88 Å². The molecule has 0 aliphatic rings. The van der Waals surface area contributed by atoms with Gasteiger partial charge < -0.3 is 9.52 Å². The second-order valence-electron chi connectivity index (χ2n) is 2.49. The topological polar surface area (TPSA) is 62.8 Å². The number of aromatic hydroxyl groups is 1. The number of fused-ring (bicyclic) bond motifs is 1. The molecule has 13 heavy (non-hydrogen) atoms. The maximum Gasteiger partial charge on any atom is 0.304 e. The van der Waals surface area contributed by atoms with Crippen LogP contribution < -0.4 is 0 Å². The predicted octanol–water partition coefficient (Wildman–Crippen LogP) is 3.19. The third-order valence-electron chi connectivity index (χ3n) is 1.69. The van der Waals surface area contributed by atoms with Gasteiger partial charge >= 0.3 is 5.88 Å². The van der Waals surface area contributed by atoms with Crippen molar-refractivity contribution in [2.24, 2.45) is 5.18 Å². The van der Waals surface area contributed by atoms with Crippen LogP contribution in [0.3, 0.4) is 0 Å². The van der Waals surface area contributed by atoms with Crippen molar-refractivity contribution in [3.8, 4) is 5.75 Å². The van der Waals surface area contributed by atoms with Crippen molar-refractivity contribution in [1.82, 2.24) is 0 Å². The van der Waals surface area contributed by atoms with Gasteiger partial charge in [0.25, 0.3) is 0 Å². The molecule has 0 aliphatic heterocycles. The van der Waals surface area contributed by atoms with E-state index in [1.807, 2.05) is 0 Å². The lowest BCUT2D eigenvalue weighted by atomic mass is 10.2. The van der Waals surface area contributed by atoms with Crippen LogP contribution in [-0.4, -0.2) is 5.11 Å². The molecule has 0 radical (unpaired) electrons. The highest BCUT2D eigenvalue weighted by atomic mass is 35.5. The van der Waals surface area contributed by atoms with Crippen molar-refractivity contribution in [2.45, 2.75) is 0 Å². The number of hydrogen-bond acceptors (Lipinski definition) is 4. The summed E-state index contributed by atoms with van der Waals surface area (Å²) in [6, 6.07) is 4.66. The highest BCUT2D eigenvalue weighted by Gasteiger charge is 2.13. The molecule has 1 aromatic heterocycles. The van der Waals surface area contributed by atoms with E-state index in [4.69, 9.17) is 16.0 Å². The van der Waals surface area contributed by atoms with Gasteiger partial charge in [-0.25, -0.2) is 0 Å². The maximum absolute atomic E-state index is 10.1. The Labute approximate surface area is 77.7 Å². The van der Waals surface area contributed by atoms with Gasteiger partial charge in [0.2, 0.25) is 0 Å². The zero-order chi connectivity index (χ0) is 9.42. The Morgan fingerprint density at radius 2 is 2.23 bits per heavy atom. The van der Waals surface area contributed by atoms with Crippen molar-refractivity contribution in [1.29, 1.82) is 0 Å². The molecule has 0 atom stereocenters. The minimum absolute atomic E-state index is 0.271. The lowest BCUT2D eigenvalue weighted by Gasteiger charge is -1.88. The van der Waals surface area contributed by atoms with Gasteiger partial charge in [0.05, 0.1) is 5.39 Å². The first-order valence-electron chi connectivity index (χ1n) is 3.47. The first kappa shape index (κ1) is 8.07. The molecule has 0 fully saturated rings. The van der Waals surface area contributed by atoms with E-state index in [9.17, 15) is 10.0 Å². The molecule has 5 heteroatoms. The molecule has 1 N–H and O–H groups in total. The Morgan fingerprint density at radius 3 is 2.92 bits per heavy atom. The Hall–Kier alpha value is -1.55. The zero-order valence-electron chi connectivity index (χ0n) is 6.32. The molecule has 0 aliphatic carbocycles. The summed E-state index contributed by atoms with van der Waals surface area (Å²) in [6.07, 6.45) is 0. The number of rotatable bonds is 1. The van der Waals surface area contributed by atoms with E-state index in [1.54, 1.807) is 12.1 Å². The molecule has 0 saturated heterocycles. The van der Waals surface area contributed by atoms with Gasteiger partial charge in [-0.3, -0.25) is 0 Å². The second-order valence-corrected chi connectivity index (χ2v) is 2.92. The van der Waals surface area contributed by atoms with Gasteiger partial charge in [-0.15, -0.1) is 4.91 Å². The first-order valence-corrected chi connectivity index (χ1v) is 3.84. The fourth-order valence-electron chi connectivity index (χ4n) is 1.11. The highest BCUT2D eigenvalue weighted by Crippen LogP contribution is 2.38. The van der Waals surface area contributed by atoms with E-state index in [0.717, 1.165) is 0 Å². The molecule has 4 nitrogen and oxygen atoms in total. The smallest absolute Gasteiger partial charge is 0.304 e. The molecule has 0 saturated carbocycles. The highest BCUT2D eigenvalue weighted by molar-refractivity contribution is 6.31. The third-order valence-corrected chi connectivity index (χ3v) is 1.92. The molecule has 2 rings (SSSR count). The third kappa shape index (κ3) is 1.15. The average Bonchev–Trinajstić information content (AvgIpc) is 2.44. The minimum atomic E-state index is -0.322. The maximum atomic E-state index is 10.1. The van der Waals surface area contributed by atoms with E-state index in [2.05, 4.69) is 5.18 Å². The van der Waals surface area contributed by atoms with E-state index in [0.29, 0.717) is 16.0 Å². The second kappa shape index (κ2) is 2.74. The van der Waals surface area contributed by atoms with E-state index >= 15 is 0 Å². The summed E-state index contributed by atoms with van der Waals surface area (Å²) in [5.74, 6) is -0.593. The molecule has 1 heterocycles. The number of furan rings is 1. The number of nitroso groups, excluding NO2 is 1. The summed E-state index contributed by atoms with van der Waals surface area (Å²) in [5, 5.41) is 12.7. The molecule has 0 spiro atoms. The molecule has 2 aromatic rings. The minimum Gasteiger partial charge on any atom is -0.502 e. The van der Waals surface area contributed by atoms with Crippen molar-refractivity contribution < 1.29 is 9.52 Å². The standard InChI is InChI=1S/C8H4ClNO3/c9-4-1-2-6-5(3-4)7(11)8(10-12)13-6/h1-3,11H. The molecular weight excluding hydrogens is 194 g/mol. The molecule has 1 aromatic carbocycles. The van der Waals surface area contributed by atoms with Crippen molar-refractivity contribution in [2.75, 3.05) is 0 Å². The predicted molar refractivity (Wildman–Crippen MR) is 48.3 cm³/mol. The van der Waals surface area contributed by atoms with Gasteiger partial charge in [-0.2, -0.15) is 0 Å². The normalized spacial score (nSPS) is 10.5. The van der Waals surface area contributed by atoms with Crippen molar-refractivity contribution in [3.05, 3.63) is 28.1 Å². The monoisotopic (exact) mass is 197 g/mol. The largest absolute Gasteiger partial charge is 0.502 e. The fraction of sp³-hybridized carbons (Fsp3) is 0. The number of hydrogen-bond donors (Lipinski definition) is 1. The van der Waals surface area contributed by atoms with Crippen LogP contribution in [0.15, 0.2) is 27.8 Å². The van der Waals surface area contributed by atoms with E-state index in [-0.39, 0.29) is 11.6 Å². The van der Waals surface area contributed by atoms with Crippen LogP contribution in [0.2, 0.25) is 5.02 Å². The number of nitrogens with zero attached hydrogens (tertiary/aromatic N) is 1. The lowest BCUT2D eigenvalue weighted by molar-refractivity contribution is 0.469. The fourth-order valence-corrected chi connectivity index (χ4v) is 1.28. The summed E-state index contributed by atoms with van der Waals surface area (Å²) in [7, 11) is 0. The van der Waals surface area contributed by atoms with Crippen molar-refractivity contribution >= 4 is 28.5 Å². The van der Waals surface area contributed by atoms with Crippen LogP contribution >= 0.6 is 11.6 Å². The summed E-state index contributed by atoms with van der Waals surface area (Å²) in [4.78, 5) is 10.1. The lowest BCUT2D eigenvalue weighted by Crippen LogP contribution is -1.64. The van der Waals surface area contributed by atoms with E-state index < -0.39 is 0 Å². The quantitative estimate of drug-likeness (QED) is 0.714. The molecule has 66 valence electrons.